The number of rotatable bonds is 0. The molecule has 64 valence electrons. The van der Waals surface area contributed by atoms with Crippen molar-refractivity contribution in [2.45, 2.75) is 30.9 Å². The molecule has 0 fully saturated rings. The Kier molecular flexibility index (Phi) is 1.72. The fourth-order valence-electron chi connectivity index (χ4n) is 2.11. The third-order valence-electron chi connectivity index (χ3n) is 2.75. The van der Waals surface area contributed by atoms with Crippen molar-refractivity contribution in [1.29, 1.82) is 0 Å². The maximum Gasteiger partial charge on any atom is 0.0278 e. The molecule has 0 aromatic heterocycles. The van der Waals surface area contributed by atoms with Crippen molar-refractivity contribution in [1.82, 2.24) is 0 Å². The maximum atomic E-state index is 4.59. The second kappa shape index (κ2) is 2.53. The zero-order valence-electron chi connectivity index (χ0n) is 7.54. The Balaban J connectivity index is 2.58. The average molecular weight is 178 g/mol. The van der Waals surface area contributed by atoms with Crippen LogP contribution in [0.4, 0.5) is 0 Å². The lowest BCUT2D eigenvalue weighted by Gasteiger charge is -2.18. The highest BCUT2D eigenvalue weighted by Crippen LogP contribution is 2.46. The second-order valence-electron chi connectivity index (χ2n) is 4.19. The average Bonchev–Trinajstić information content (AvgIpc) is 2.25. The highest BCUT2D eigenvalue weighted by atomic mass is 32.1. The van der Waals surface area contributed by atoms with Crippen LogP contribution >= 0.6 is 12.6 Å². The molecule has 0 aliphatic heterocycles. The van der Waals surface area contributed by atoms with Crippen LogP contribution in [0.3, 0.4) is 0 Å². The first kappa shape index (κ1) is 8.18. The maximum absolute atomic E-state index is 4.59. The molecule has 1 aromatic carbocycles. The molecule has 2 rings (SSSR count). The molecule has 0 N–H and O–H groups in total. The van der Waals surface area contributed by atoms with Gasteiger partial charge >= 0.3 is 0 Å². The van der Waals surface area contributed by atoms with Gasteiger partial charge in [-0.25, -0.2) is 0 Å². The summed E-state index contributed by atoms with van der Waals surface area (Å²) < 4.78 is 0. The summed E-state index contributed by atoms with van der Waals surface area (Å²) in [7, 11) is 0. The van der Waals surface area contributed by atoms with E-state index in [2.05, 4.69) is 50.7 Å². The minimum absolute atomic E-state index is 0.322. The van der Waals surface area contributed by atoms with Crippen LogP contribution < -0.4 is 0 Å². The minimum atomic E-state index is 0.322. The molecule has 0 saturated carbocycles. The van der Waals surface area contributed by atoms with Gasteiger partial charge in [-0.1, -0.05) is 38.1 Å². The van der Waals surface area contributed by atoms with Gasteiger partial charge in [0.15, 0.2) is 0 Å². The monoisotopic (exact) mass is 178 g/mol. The van der Waals surface area contributed by atoms with Crippen LogP contribution in [0, 0.1) is 0 Å². The van der Waals surface area contributed by atoms with E-state index in [9.17, 15) is 0 Å². The van der Waals surface area contributed by atoms with Gasteiger partial charge in [-0.2, -0.15) is 12.6 Å². The molecular formula is C11H14S. The Morgan fingerprint density at radius 1 is 1.33 bits per heavy atom. The molecule has 1 aliphatic carbocycles. The van der Waals surface area contributed by atoms with Crippen molar-refractivity contribution >= 4 is 12.6 Å². The lowest BCUT2D eigenvalue weighted by Crippen LogP contribution is -2.11. The van der Waals surface area contributed by atoms with Gasteiger partial charge in [0.05, 0.1) is 0 Å². The van der Waals surface area contributed by atoms with Crippen LogP contribution in [0.1, 0.15) is 36.6 Å². The van der Waals surface area contributed by atoms with E-state index in [-0.39, 0.29) is 0 Å². The molecule has 12 heavy (non-hydrogen) atoms. The smallest absolute Gasteiger partial charge is 0.0278 e. The first-order valence-corrected chi connectivity index (χ1v) is 4.90. The van der Waals surface area contributed by atoms with E-state index in [1.54, 1.807) is 0 Å². The van der Waals surface area contributed by atoms with Gasteiger partial charge in [-0.05, 0) is 23.0 Å². The minimum Gasteiger partial charge on any atom is -0.171 e. The van der Waals surface area contributed by atoms with E-state index in [0.29, 0.717) is 10.7 Å². The highest BCUT2D eigenvalue weighted by Gasteiger charge is 2.34. The molecule has 0 bridgehead atoms. The quantitative estimate of drug-likeness (QED) is 0.579. The van der Waals surface area contributed by atoms with Crippen LogP contribution in [-0.2, 0) is 5.41 Å². The number of benzene rings is 1. The summed E-state index contributed by atoms with van der Waals surface area (Å²) in [5, 5.41) is 0.441. The van der Waals surface area contributed by atoms with Gasteiger partial charge < -0.3 is 0 Å². The van der Waals surface area contributed by atoms with Crippen molar-refractivity contribution in [3.05, 3.63) is 35.4 Å². The van der Waals surface area contributed by atoms with Gasteiger partial charge in [-0.15, -0.1) is 0 Å². The fraction of sp³-hybridized carbons (Fsp3) is 0.455. The summed E-state index contributed by atoms with van der Waals surface area (Å²) in [6.45, 7) is 4.59. The number of hydrogen-bond donors (Lipinski definition) is 1. The van der Waals surface area contributed by atoms with Crippen LogP contribution in [0.5, 0.6) is 0 Å². The summed E-state index contributed by atoms with van der Waals surface area (Å²) in [6, 6.07) is 8.64. The second-order valence-corrected chi connectivity index (χ2v) is 4.81. The van der Waals surface area contributed by atoms with Gasteiger partial charge in [0, 0.05) is 5.25 Å². The van der Waals surface area contributed by atoms with Crippen molar-refractivity contribution in [3.8, 4) is 0 Å². The number of thiol groups is 1. The lowest BCUT2D eigenvalue weighted by molar-refractivity contribution is 0.519. The van der Waals surface area contributed by atoms with Crippen molar-refractivity contribution in [2.75, 3.05) is 0 Å². The predicted octanol–water partition coefficient (Wildman–Crippen LogP) is 3.34. The summed E-state index contributed by atoms with van der Waals surface area (Å²) in [5.74, 6) is 0. The SMILES string of the molecule is CC1(C)CC(S)c2ccccc21. The standard InChI is InChI=1S/C11H14S/c1-11(2)7-10(12)8-5-3-4-6-9(8)11/h3-6,10,12H,7H2,1-2H3. The molecule has 0 radical (unpaired) electrons. The lowest BCUT2D eigenvalue weighted by atomic mass is 9.87. The van der Waals surface area contributed by atoms with Gasteiger partial charge in [0.1, 0.15) is 0 Å². The highest BCUT2D eigenvalue weighted by molar-refractivity contribution is 7.80. The van der Waals surface area contributed by atoms with E-state index in [4.69, 9.17) is 0 Å². The Morgan fingerprint density at radius 3 is 2.67 bits per heavy atom. The molecule has 0 spiro atoms. The van der Waals surface area contributed by atoms with Crippen molar-refractivity contribution in [3.63, 3.8) is 0 Å². The topological polar surface area (TPSA) is 0 Å². The first-order chi connectivity index (χ1) is 5.61. The van der Waals surface area contributed by atoms with Crippen LogP contribution in [-0.4, -0.2) is 0 Å². The molecule has 1 heteroatoms. The molecule has 1 aromatic rings. The van der Waals surface area contributed by atoms with E-state index in [1.165, 1.54) is 11.1 Å². The zero-order valence-corrected chi connectivity index (χ0v) is 8.44. The number of fused-ring (bicyclic) bond motifs is 1. The molecule has 0 amide bonds. The van der Waals surface area contributed by atoms with Gasteiger partial charge in [-0.3, -0.25) is 0 Å². The summed E-state index contributed by atoms with van der Waals surface area (Å²) >= 11 is 4.59. The van der Waals surface area contributed by atoms with Gasteiger partial charge in [0.25, 0.3) is 0 Å². The molecular weight excluding hydrogens is 164 g/mol. The Morgan fingerprint density at radius 2 is 2.00 bits per heavy atom. The Bertz CT molecular complexity index is 302. The summed E-state index contributed by atoms with van der Waals surface area (Å²) in [4.78, 5) is 0. The fourth-order valence-corrected chi connectivity index (χ4v) is 2.79. The Hall–Kier alpha value is -0.430. The largest absolute Gasteiger partial charge is 0.171 e. The molecule has 0 saturated heterocycles. The summed E-state index contributed by atoms with van der Waals surface area (Å²) in [6.07, 6.45) is 1.16. The molecule has 0 nitrogen and oxygen atoms in total. The van der Waals surface area contributed by atoms with Crippen molar-refractivity contribution in [2.24, 2.45) is 0 Å². The van der Waals surface area contributed by atoms with Crippen molar-refractivity contribution < 1.29 is 0 Å². The number of hydrogen-bond acceptors (Lipinski definition) is 1. The predicted molar refractivity (Wildman–Crippen MR) is 55.8 cm³/mol. The van der Waals surface area contributed by atoms with E-state index >= 15 is 0 Å². The Labute approximate surface area is 79.4 Å². The van der Waals surface area contributed by atoms with Gasteiger partial charge in [0.2, 0.25) is 0 Å². The van der Waals surface area contributed by atoms with E-state index < -0.39 is 0 Å². The normalized spacial score (nSPS) is 25.4. The molecule has 1 unspecified atom stereocenters. The van der Waals surface area contributed by atoms with Crippen LogP contribution in [0.2, 0.25) is 0 Å². The summed E-state index contributed by atoms with van der Waals surface area (Å²) in [5.41, 5.74) is 3.22. The molecule has 1 atom stereocenters. The molecule has 1 aliphatic rings. The van der Waals surface area contributed by atoms with Crippen LogP contribution in [0.25, 0.3) is 0 Å². The van der Waals surface area contributed by atoms with E-state index in [1.807, 2.05) is 0 Å². The molecule has 0 heterocycles. The third-order valence-corrected chi connectivity index (χ3v) is 3.21. The van der Waals surface area contributed by atoms with Crippen LogP contribution in [0.15, 0.2) is 24.3 Å². The zero-order chi connectivity index (χ0) is 8.77. The van der Waals surface area contributed by atoms with E-state index in [0.717, 1.165) is 6.42 Å². The first-order valence-electron chi connectivity index (χ1n) is 4.39. The third kappa shape index (κ3) is 1.08.